The van der Waals surface area contributed by atoms with Crippen LogP contribution in [0.1, 0.15) is 50.8 Å². The molecule has 1 unspecified atom stereocenters. The third-order valence-corrected chi connectivity index (χ3v) is 8.18. The summed E-state index contributed by atoms with van der Waals surface area (Å²) in [5.41, 5.74) is 2.31. The van der Waals surface area contributed by atoms with Crippen molar-refractivity contribution in [1.29, 1.82) is 0 Å². The molecule has 34 heavy (non-hydrogen) atoms. The quantitative estimate of drug-likeness (QED) is 0.590. The Labute approximate surface area is 203 Å². The van der Waals surface area contributed by atoms with Crippen molar-refractivity contribution in [3.8, 4) is 0 Å². The highest BCUT2D eigenvalue weighted by Gasteiger charge is 2.30. The SMILES string of the molecule is CCc1ccc(C(NC(=O)CCC(=O)N2CCN(S(=O)(=O)c3ccccc3)CC2)C(C)C)cc1. The van der Waals surface area contributed by atoms with Crippen molar-refractivity contribution in [1.82, 2.24) is 14.5 Å². The molecular weight excluding hydrogens is 450 g/mol. The van der Waals surface area contributed by atoms with Crippen molar-refractivity contribution < 1.29 is 18.0 Å². The van der Waals surface area contributed by atoms with E-state index in [0.29, 0.717) is 13.1 Å². The van der Waals surface area contributed by atoms with Crippen molar-refractivity contribution >= 4 is 21.8 Å². The van der Waals surface area contributed by atoms with E-state index < -0.39 is 10.0 Å². The van der Waals surface area contributed by atoms with E-state index in [2.05, 4.69) is 50.4 Å². The Morgan fingerprint density at radius 2 is 1.53 bits per heavy atom. The molecule has 2 aromatic carbocycles. The van der Waals surface area contributed by atoms with E-state index in [1.54, 1.807) is 35.2 Å². The predicted octanol–water partition coefficient (Wildman–Crippen LogP) is 3.38. The van der Waals surface area contributed by atoms with E-state index in [9.17, 15) is 18.0 Å². The predicted molar refractivity (Wildman–Crippen MR) is 133 cm³/mol. The lowest BCUT2D eigenvalue weighted by molar-refractivity contribution is -0.134. The zero-order valence-corrected chi connectivity index (χ0v) is 21.1. The number of amides is 2. The minimum absolute atomic E-state index is 0.108. The van der Waals surface area contributed by atoms with Gasteiger partial charge in [-0.2, -0.15) is 4.31 Å². The minimum atomic E-state index is -3.56. The lowest BCUT2D eigenvalue weighted by Crippen LogP contribution is -2.50. The third kappa shape index (κ3) is 6.45. The first-order chi connectivity index (χ1) is 16.2. The zero-order chi connectivity index (χ0) is 24.7. The van der Waals surface area contributed by atoms with Gasteiger partial charge in [0.05, 0.1) is 10.9 Å². The number of nitrogens with one attached hydrogen (secondary N) is 1. The second-order valence-electron chi connectivity index (χ2n) is 8.98. The second-order valence-corrected chi connectivity index (χ2v) is 10.9. The smallest absolute Gasteiger partial charge is 0.243 e. The summed E-state index contributed by atoms with van der Waals surface area (Å²) in [5, 5.41) is 3.08. The molecule has 1 aliphatic heterocycles. The molecule has 3 rings (SSSR count). The monoisotopic (exact) mass is 485 g/mol. The van der Waals surface area contributed by atoms with Crippen LogP contribution in [0.2, 0.25) is 0 Å². The van der Waals surface area contributed by atoms with Gasteiger partial charge in [0.1, 0.15) is 0 Å². The van der Waals surface area contributed by atoms with Gasteiger partial charge in [0, 0.05) is 39.0 Å². The van der Waals surface area contributed by atoms with E-state index in [4.69, 9.17) is 0 Å². The van der Waals surface area contributed by atoms with Crippen LogP contribution in [0.25, 0.3) is 0 Å². The molecule has 0 aliphatic carbocycles. The summed E-state index contributed by atoms with van der Waals surface area (Å²) < 4.78 is 26.9. The molecule has 0 saturated carbocycles. The van der Waals surface area contributed by atoms with Crippen LogP contribution in [-0.2, 0) is 26.0 Å². The Kier molecular flexibility index (Phi) is 8.85. The normalized spacial score (nSPS) is 15.8. The van der Waals surface area contributed by atoms with Crippen LogP contribution in [0.15, 0.2) is 59.5 Å². The Bertz CT molecular complexity index is 1060. The molecule has 1 atom stereocenters. The molecule has 7 nitrogen and oxygen atoms in total. The number of nitrogens with zero attached hydrogens (tertiary/aromatic N) is 2. The fourth-order valence-corrected chi connectivity index (χ4v) is 5.58. The van der Waals surface area contributed by atoms with Crippen molar-refractivity contribution in [3.63, 3.8) is 0 Å². The summed E-state index contributed by atoms with van der Waals surface area (Å²) >= 11 is 0. The average Bonchev–Trinajstić information content (AvgIpc) is 2.86. The Hall–Kier alpha value is -2.71. The number of hydrogen-bond acceptors (Lipinski definition) is 4. The molecule has 0 aromatic heterocycles. The molecule has 0 radical (unpaired) electrons. The van der Waals surface area contributed by atoms with Crippen LogP contribution < -0.4 is 5.32 Å². The van der Waals surface area contributed by atoms with Gasteiger partial charge in [0.2, 0.25) is 21.8 Å². The standard InChI is InChI=1S/C26H35N3O4S/c1-4-21-10-12-22(13-11-21)26(20(2)3)27-24(30)14-15-25(31)28-16-18-29(19-17-28)34(32,33)23-8-6-5-7-9-23/h5-13,20,26H,4,14-19H2,1-3H3,(H,27,30). The van der Waals surface area contributed by atoms with E-state index in [0.717, 1.165) is 12.0 Å². The highest BCUT2D eigenvalue weighted by atomic mass is 32.2. The molecule has 1 N–H and O–H groups in total. The third-order valence-electron chi connectivity index (χ3n) is 6.27. The summed E-state index contributed by atoms with van der Waals surface area (Å²) in [6, 6.07) is 16.5. The van der Waals surface area contributed by atoms with Gasteiger partial charge in [-0.1, -0.05) is 63.2 Å². The molecular formula is C26H35N3O4S. The zero-order valence-electron chi connectivity index (χ0n) is 20.2. The van der Waals surface area contributed by atoms with Crippen LogP contribution in [0.3, 0.4) is 0 Å². The fourth-order valence-electron chi connectivity index (χ4n) is 4.14. The molecule has 0 bridgehead atoms. The molecule has 8 heteroatoms. The lowest BCUT2D eigenvalue weighted by Gasteiger charge is -2.34. The highest BCUT2D eigenvalue weighted by molar-refractivity contribution is 7.89. The van der Waals surface area contributed by atoms with Gasteiger partial charge in [0.15, 0.2) is 0 Å². The Morgan fingerprint density at radius 1 is 0.912 bits per heavy atom. The number of rotatable bonds is 9. The first-order valence-corrected chi connectivity index (χ1v) is 13.4. The Balaban J connectivity index is 1.49. The number of sulfonamides is 1. The average molecular weight is 486 g/mol. The van der Waals surface area contributed by atoms with Gasteiger partial charge in [-0.15, -0.1) is 0 Å². The van der Waals surface area contributed by atoms with Crippen LogP contribution >= 0.6 is 0 Å². The second kappa shape index (κ2) is 11.6. The maximum absolute atomic E-state index is 12.8. The van der Waals surface area contributed by atoms with Crippen LogP contribution in [0.4, 0.5) is 0 Å². The van der Waals surface area contributed by atoms with Gasteiger partial charge in [-0.3, -0.25) is 9.59 Å². The van der Waals surface area contributed by atoms with Gasteiger partial charge < -0.3 is 10.2 Å². The van der Waals surface area contributed by atoms with Crippen LogP contribution in [0.5, 0.6) is 0 Å². The van der Waals surface area contributed by atoms with E-state index in [-0.39, 0.29) is 54.6 Å². The van der Waals surface area contributed by atoms with Gasteiger partial charge in [-0.05, 0) is 35.6 Å². The first-order valence-electron chi connectivity index (χ1n) is 11.9. The maximum Gasteiger partial charge on any atom is 0.243 e. The lowest BCUT2D eigenvalue weighted by atomic mass is 9.94. The molecule has 184 valence electrons. The number of piperazine rings is 1. The number of carbonyl (C=O) groups excluding carboxylic acids is 2. The summed E-state index contributed by atoms with van der Waals surface area (Å²) in [6.45, 7) is 7.38. The molecule has 1 aliphatic rings. The van der Waals surface area contributed by atoms with Gasteiger partial charge >= 0.3 is 0 Å². The summed E-state index contributed by atoms with van der Waals surface area (Å²) in [6.07, 6.45) is 1.18. The first kappa shape index (κ1) is 25.9. The van der Waals surface area contributed by atoms with Gasteiger partial charge in [0.25, 0.3) is 0 Å². The van der Waals surface area contributed by atoms with E-state index in [1.165, 1.54) is 9.87 Å². The van der Waals surface area contributed by atoms with Crippen LogP contribution in [0, 0.1) is 5.92 Å². The summed E-state index contributed by atoms with van der Waals surface area (Å²) in [4.78, 5) is 27.2. The number of carbonyl (C=O) groups is 2. The van der Waals surface area contributed by atoms with E-state index >= 15 is 0 Å². The largest absolute Gasteiger partial charge is 0.349 e. The topological polar surface area (TPSA) is 86.8 Å². The maximum atomic E-state index is 12.8. The molecule has 2 aromatic rings. The fraction of sp³-hybridized carbons (Fsp3) is 0.462. The number of hydrogen-bond donors (Lipinski definition) is 1. The molecule has 1 heterocycles. The molecule has 2 amide bonds. The van der Waals surface area contributed by atoms with Crippen LogP contribution in [-0.4, -0.2) is 55.6 Å². The van der Waals surface area contributed by atoms with Gasteiger partial charge in [-0.25, -0.2) is 8.42 Å². The Morgan fingerprint density at radius 3 is 2.09 bits per heavy atom. The van der Waals surface area contributed by atoms with Crippen molar-refractivity contribution in [2.75, 3.05) is 26.2 Å². The molecule has 1 saturated heterocycles. The van der Waals surface area contributed by atoms with Crippen molar-refractivity contribution in [3.05, 3.63) is 65.7 Å². The molecule has 1 fully saturated rings. The number of aryl methyl sites for hydroxylation is 1. The number of benzene rings is 2. The van der Waals surface area contributed by atoms with Crippen molar-refractivity contribution in [2.45, 2.75) is 51.0 Å². The summed E-state index contributed by atoms with van der Waals surface area (Å²) in [5.74, 6) is -0.0658. The van der Waals surface area contributed by atoms with E-state index in [1.807, 2.05) is 0 Å². The highest BCUT2D eigenvalue weighted by Crippen LogP contribution is 2.23. The minimum Gasteiger partial charge on any atom is -0.349 e. The van der Waals surface area contributed by atoms with Crippen molar-refractivity contribution in [2.24, 2.45) is 5.92 Å². The molecule has 0 spiro atoms. The summed E-state index contributed by atoms with van der Waals surface area (Å²) in [7, 11) is -3.56.